The lowest BCUT2D eigenvalue weighted by molar-refractivity contribution is 0.228. The number of nitriles is 1. The number of nitrogens with one attached hydrogen (secondary N) is 2. The zero-order valence-electron chi connectivity index (χ0n) is 33.1. The zero-order chi connectivity index (χ0) is 39.5. The van der Waals surface area contributed by atoms with Gasteiger partial charge in [0.2, 0.25) is 5.75 Å². The van der Waals surface area contributed by atoms with Gasteiger partial charge < -0.3 is 19.9 Å². The number of ether oxygens (including phenoxy) is 1. The molecule has 5 rings (SSSR count). The average molecular weight is 782 g/mol. The topological polar surface area (TPSA) is 109 Å². The first-order valence-corrected chi connectivity index (χ1v) is 20.6. The Morgan fingerprint density at radius 1 is 1.00 bits per heavy atom. The summed E-state index contributed by atoms with van der Waals surface area (Å²) in [7, 11) is 5.73. The van der Waals surface area contributed by atoms with E-state index in [1.807, 2.05) is 32.9 Å². The summed E-state index contributed by atoms with van der Waals surface area (Å²) in [6, 6.07) is 13.3. The fourth-order valence-corrected chi connectivity index (χ4v) is 7.10. The van der Waals surface area contributed by atoms with E-state index < -0.39 is 11.6 Å². The second-order valence-electron chi connectivity index (χ2n) is 12.8. The van der Waals surface area contributed by atoms with E-state index in [0.717, 1.165) is 56.7 Å². The molecule has 0 unspecified atom stereocenters. The lowest BCUT2D eigenvalue weighted by Gasteiger charge is -2.36. The first kappa shape index (κ1) is 44.5. The maximum atomic E-state index is 15.4. The van der Waals surface area contributed by atoms with Crippen LogP contribution in [0.1, 0.15) is 76.6 Å². The number of nitrogens with zero attached hydrogens (tertiary/aromatic N) is 7. The SMILES string of the molecule is CC.CCCCCCC.COc1c(Nc2cc(C)[nH]n2)nc(Sc2ccc(SCc3cccc(C#N)c3F)cc2F)nc1N1CCN(CCN(C)C)CC1. The van der Waals surface area contributed by atoms with Gasteiger partial charge in [0.05, 0.1) is 17.6 Å². The molecule has 10 nitrogen and oxygen atoms in total. The average Bonchev–Trinajstić information content (AvgIpc) is 3.59. The molecule has 4 aromatic rings. The molecule has 2 aromatic carbocycles. The number of hydrogen-bond donors (Lipinski definition) is 2. The minimum Gasteiger partial charge on any atom is -0.490 e. The number of aryl methyl sites for hydroxylation is 1. The minimum atomic E-state index is -0.544. The first-order valence-electron chi connectivity index (χ1n) is 18.8. The van der Waals surface area contributed by atoms with Crippen LogP contribution in [0.4, 0.5) is 26.2 Å². The number of halogens is 2. The Hall–Kier alpha value is -3.90. The highest BCUT2D eigenvalue weighted by molar-refractivity contribution is 7.99. The molecular formula is C40H57F2N9OS2. The smallest absolute Gasteiger partial charge is 0.204 e. The molecule has 0 radical (unpaired) electrons. The van der Waals surface area contributed by atoms with Crippen LogP contribution in [0.2, 0.25) is 0 Å². The van der Waals surface area contributed by atoms with Gasteiger partial charge in [-0.1, -0.05) is 71.9 Å². The summed E-state index contributed by atoms with van der Waals surface area (Å²) >= 11 is 2.41. The summed E-state index contributed by atoms with van der Waals surface area (Å²) in [5.74, 6) is 1.40. The van der Waals surface area contributed by atoms with Crippen molar-refractivity contribution in [1.82, 2.24) is 30.0 Å². The number of methoxy groups -OCH3 is 1. The van der Waals surface area contributed by atoms with E-state index in [2.05, 4.69) is 58.2 Å². The number of H-pyrrole nitrogens is 1. The number of hydrogen-bond acceptors (Lipinski definition) is 11. The third kappa shape index (κ3) is 13.7. The van der Waals surface area contributed by atoms with Crippen molar-refractivity contribution in [2.45, 2.75) is 87.4 Å². The number of benzene rings is 2. The van der Waals surface area contributed by atoms with E-state index in [1.165, 1.54) is 56.0 Å². The third-order valence-corrected chi connectivity index (χ3v) is 10.4. The Morgan fingerprint density at radius 2 is 1.72 bits per heavy atom. The molecule has 2 N–H and O–H groups in total. The van der Waals surface area contributed by atoms with Gasteiger partial charge in [-0.2, -0.15) is 10.4 Å². The molecule has 14 heteroatoms. The molecular weight excluding hydrogens is 725 g/mol. The van der Waals surface area contributed by atoms with Crippen LogP contribution in [0.5, 0.6) is 5.75 Å². The van der Waals surface area contributed by atoms with Crippen molar-refractivity contribution in [2.24, 2.45) is 0 Å². The predicted molar refractivity (Wildman–Crippen MR) is 219 cm³/mol. The lowest BCUT2D eigenvalue weighted by Crippen LogP contribution is -2.48. The summed E-state index contributed by atoms with van der Waals surface area (Å²) in [6.07, 6.45) is 7.01. The summed E-state index contributed by atoms with van der Waals surface area (Å²) < 4.78 is 35.7. The number of likely N-dealkylation sites (N-methyl/N-ethyl adjacent to an activating group) is 1. The van der Waals surface area contributed by atoms with Gasteiger partial charge in [0.15, 0.2) is 22.6 Å². The van der Waals surface area contributed by atoms with Gasteiger partial charge in [-0.05, 0) is 62.6 Å². The van der Waals surface area contributed by atoms with Crippen LogP contribution in [-0.2, 0) is 5.75 Å². The first-order chi connectivity index (χ1) is 26.1. The summed E-state index contributed by atoms with van der Waals surface area (Å²) in [4.78, 5) is 17.3. The fourth-order valence-electron chi connectivity index (χ4n) is 5.45. The molecule has 0 saturated carbocycles. The van der Waals surface area contributed by atoms with E-state index in [0.29, 0.717) is 43.7 Å². The third-order valence-electron chi connectivity index (χ3n) is 8.42. The largest absolute Gasteiger partial charge is 0.490 e. The van der Waals surface area contributed by atoms with Crippen LogP contribution in [-0.4, -0.2) is 90.4 Å². The Balaban J connectivity index is 0.000000783. The highest BCUT2D eigenvalue weighted by Gasteiger charge is 2.26. The van der Waals surface area contributed by atoms with Gasteiger partial charge in [-0.25, -0.2) is 18.7 Å². The van der Waals surface area contributed by atoms with E-state index in [4.69, 9.17) is 20.0 Å². The van der Waals surface area contributed by atoms with Gasteiger partial charge in [-0.15, -0.1) is 11.8 Å². The van der Waals surface area contributed by atoms with Crippen molar-refractivity contribution in [1.29, 1.82) is 5.26 Å². The van der Waals surface area contributed by atoms with E-state index in [9.17, 15) is 4.39 Å². The summed E-state index contributed by atoms with van der Waals surface area (Å²) in [5.41, 5.74) is 1.27. The normalized spacial score (nSPS) is 12.7. The van der Waals surface area contributed by atoms with Crippen LogP contribution in [0.3, 0.4) is 0 Å². The predicted octanol–water partition coefficient (Wildman–Crippen LogP) is 9.54. The van der Waals surface area contributed by atoms with Gasteiger partial charge in [0.25, 0.3) is 0 Å². The van der Waals surface area contributed by atoms with Crippen LogP contribution in [0, 0.1) is 29.9 Å². The number of aromatic amines is 1. The molecule has 54 heavy (non-hydrogen) atoms. The van der Waals surface area contributed by atoms with E-state index >= 15 is 4.39 Å². The monoisotopic (exact) mass is 781 g/mol. The number of rotatable bonds is 16. The number of anilines is 3. The summed E-state index contributed by atoms with van der Waals surface area (Å²) in [5, 5.41) is 19.9. The fraction of sp³-hybridized carbons (Fsp3) is 0.500. The van der Waals surface area contributed by atoms with E-state index in [1.54, 1.807) is 31.4 Å². The van der Waals surface area contributed by atoms with Gasteiger partial charge in [-0.3, -0.25) is 10.00 Å². The van der Waals surface area contributed by atoms with Crippen LogP contribution >= 0.6 is 23.5 Å². The number of thioether (sulfide) groups is 1. The Labute approximate surface area is 329 Å². The zero-order valence-corrected chi connectivity index (χ0v) is 34.8. The molecule has 0 aliphatic carbocycles. The molecule has 1 aliphatic rings. The molecule has 2 aromatic heterocycles. The van der Waals surface area contributed by atoms with Gasteiger partial charge >= 0.3 is 0 Å². The van der Waals surface area contributed by atoms with Crippen LogP contribution < -0.4 is 15.0 Å². The number of aromatic nitrogens is 4. The quantitative estimate of drug-likeness (QED) is 0.0645. The molecule has 1 saturated heterocycles. The van der Waals surface area contributed by atoms with Crippen molar-refractivity contribution < 1.29 is 13.5 Å². The van der Waals surface area contributed by atoms with Crippen LogP contribution in [0.25, 0.3) is 0 Å². The number of unbranched alkanes of at least 4 members (excludes halogenated alkanes) is 4. The Kier molecular flexibility index (Phi) is 19.6. The molecule has 0 amide bonds. The maximum absolute atomic E-state index is 15.4. The molecule has 3 heterocycles. The molecule has 1 aliphatic heterocycles. The molecule has 0 atom stereocenters. The number of piperazine rings is 1. The lowest BCUT2D eigenvalue weighted by atomic mass is 10.1. The highest BCUT2D eigenvalue weighted by Crippen LogP contribution is 2.39. The van der Waals surface area contributed by atoms with Crippen molar-refractivity contribution >= 4 is 41.0 Å². The molecule has 0 bridgehead atoms. The van der Waals surface area contributed by atoms with Gasteiger partial charge in [0.1, 0.15) is 17.7 Å². The Bertz CT molecular complexity index is 1750. The highest BCUT2D eigenvalue weighted by atomic mass is 32.2. The molecule has 0 spiro atoms. The van der Waals surface area contributed by atoms with Crippen molar-refractivity contribution in [3.8, 4) is 11.8 Å². The molecule has 1 fully saturated rings. The minimum absolute atomic E-state index is 0.00706. The maximum Gasteiger partial charge on any atom is 0.204 e. The van der Waals surface area contributed by atoms with Gasteiger partial charge in [0, 0.05) is 61.7 Å². The summed E-state index contributed by atoms with van der Waals surface area (Å²) in [6.45, 7) is 15.6. The van der Waals surface area contributed by atoms with Crippen molar-refractivity contribution in [3.05, 3.63) is 70.9 Å². The second-order valence-corrected chi connectivity index (χ2v) is 14.9. The van der Waals surface area contributed by atoms with Crippen molar-refractivity contribution in [2.75, 3.05) is 70.7 Å². The molecule has 294 valence electrons. The Morgan fingerprint density at radius 3 is 2.31 bits per heavy atom. The van der Waals surface area contributed by atoms with E-state index in [-0.39, 0.29) is 11.3 Å². The second kappa shape index (κ2) is 23.8. The van der Waals surface area contributed by atoms with Crippen LogP contribution in [0.15, 0.2) is 57.4 Å². The standard InChI is InChI=1S/C31H35F2N9OS2.C7H16.C2H6/c1-20-16-26(39-38-20)35-29-28(43-4)30(42-14-12-41(13-15-42)11-10-40(2)3)37-31(36-29)45-25-9-8-23(17-24(25)32)44-19-22-7-5-6-21(18-34)27(22)33;1-3-5-7-6-4-2;1-2/h5-9,16-17H,10-15,19H2,1-4H3,(H2,35,36,37,38,39);3-7H2,1-2H3;1-2H3. The van der Waals surface area contributed by atoms with Crippen molar-refractivity contribution in [3.63, 3.8) is 0 Å².